The molecule has 0 unspecified atom stereocenters. The van der Waals surface area contributed by atoms with Gasteiger partial charge in [0.2, 0.25) is 11.8 Å². The fourth-order valence-electron chi connectivity index (χ4n) is 3.39. The Kier molecular flexibility index (Phi) is 7.87. The first-order valence-corrected chi connectivity index (χ1v) is 15.0. The SMILES string of the molecule is Cc1ccc(Cl)cc1NC(=O)CSc1nc2ccc(NC(=O)CSc3nc4ccc(N)cc4s3)cc2s1. The molecular formula is C25H20ClN5O2S4. The number of thioether (sulfide) groups is 2. The lowest BCUT2D eigenvalue weighted by Gasteiger charge is -2.08. The Morgan fingerprint density at radius 1 is 0.865 bits per heavy atom. The minimum atomic E-state index is -0.128. The Morgan fingerprint density at radius 2 is 1.49 bits per heavy atom. The summed E-state index contributed by atoms with van der Waals surface area (Å²) in [4.78, 5) is 34.1. The molecule has 0 saturated heterocycles. The van der Waals surface area contributed by atoms with Gasteiger partial charge >= 0.3 is 0 Å². The minimum Gasteiger partial charge on any atom is -0.399 e. The van der Waals surface area contributed by atoms with Gasteiger partial charge < -0.3 is 16.4 Å². The monoisotopic (exact) mass is 585 g/mol. The molecule has 2 heterocycles. The summed E-state index contributed by atoms with van der Waals surface area (Å²) >= 11 is 11.8. The molecule has 0 spiro atoms. The van der Waals surface area contributed by atoms with E-state index < -0.39 is 0 Å². The van der Waals surface area contributed by atoms with Gasteiger partial charge in [-0.1, -0.05) is 41.2 Å². The van der Waals surface area contributed by atoms with Crippen LogP contribution in [-0.4, -0.2) is 33.3 Å². The van der Waals surface area contributed by atoms with Gasteiger partial charge in [0.05, 0.1) is 31.9 Å². The molecule has 0 aliphatic rings. The van der Waals surface area contributed by atoms with E-state index in [9.17, 15) is 9.59 Å². The third-order valence-electron chi connectivity index (χ3n) is 5.17. The van der Waals surface area contributed by atoms with Gasteiger partial charge in [0.25, 0.3) is 0 Å². The molecule has 2 amide bonds. The molecule has 0 bridgehead atoms. The lowest BCUT2D eigenvalue weighted by atomic mass is 10.2. The Labute approximate surface area is 234 Å². The number of nitrogens with one attached hydrogen (secondary N) is 2. The van der Waals surface area contributed by atoms with E-state index in [-0.39, 0.29) is 23.3 Å². The molecule has 0 aliphatic heterocycles. The molecular weight excluding hydrogens is 566 g/mol. The van der Waals surface area contributed by atoms with E-state index in [1.54, 1.807) is 12.1 Å². The van der Waals surface area contributed by atoms with E-state index in [2.05, 4.69) is 20.6 Å². The Morgan fingerprint density at radius 3 is 2.19 bits per heavy atom. The van der Waals surface area contributed by atoms with Gasteiger partial charge in [-0.2, -0.15) is 0 Å². The third kappa shape index (κ3) is 6.55. The van der Waals surface area contributed by atoms with Crippen LogP contribution in [0.1, 0.15) is 5.56 Å². The van der Waals surface area contributed by atoms with Gasteiger partial charge in [-0.3, -0.25) is 9.59 Å². The second kappa shape index (κ2) is 11.3. The Hall–Kier alpha value is -2.83. The number of thiazole rings is 2. The van der Waals surface area contributed by atoms with Crippen LogP contribution in [0.15, 0.2) is 63.3 Å². The van der Waals surface area contributed by atoms with Crippen molar-refractivity contribution in [1.82, 2.24) is 9.97 Å². The lowest BCUT2D eigenvalue weighted by molar-refractivity contribution is -0.114. The van der Waals surface area contributed by atoms with Crippen LogP contribution in [0.3, 0.4) is 0 Å². The van der Waals surface area contributed by atoms with Crippen LogP contribution in [0, 0.1) is 6.92 Å². The Bertz CT molecular complexity index is 1630. The fourth-order valence-corrected chi connectivity index (χ4v) is 7.39. The van der Waals surface area contributed by atoms with Crippen LogP contribution in [0.25, 0.3) is 20.4 Å². The van der Waals surface area contributed by atoms with Crippen LogP contribution in [0.4, 0.5) is 17.1 Å². The molecule has 2 aromatic heterocycles. The van der Waals surface area contributed by atoms with Crippen molar-refractivity contribution in [1.29, 1.82) is 0 Å². The molecule has 4 N–H and O–H groups in total. The highest BCUT2D eigenvalue weighted by atomic mass is 35.5. The number of rotatable bonds is 8. The van der Waals surface area contributed by atoms with Crippen LogP contribution >= 0.6 is 57.8 Å². The zero-order valence-corrected chi connectivity index (χ0v) is 23.4. The zero-order valence-electron chi connectivity index (χ0n) is 19.4. The van der Waals surface area contributed by atoms with Crippen molar-refractivity contribution in [2.24, 2.45) is 0 Å². The number of halogens is 1. The van der Waals surface area contributed by atoms with E-state index >= 15 is 0 Å². The number of carbonyl (C=O) groups excluding carboxylic acids is 2. The molecule has 0 radical (unpaired) electrons. The number of amides is 2. The first-order chi connectivity index (χ1) is 17.8. The molecule has 188 valence electrons. The van der Waals surface area contributed by atoms with Crippen molar-refractivity contribution in [2.45, 2.75) is 15.6 Å². The summed E-state index contributed by atoms with van der Waals surface area (Å²) in [5, 5.41) is 6.40. The number of benzene rings is 3. The number of nitrogens with two attached hydrogens (primary N) is 1. The van der Waals surface area contributed by atoms with E-state index in [1.807, 2.05) is 49.4 Å². The first kappa shape index (κ1) is 25.8. The highest BCUT2D eigenvalue weighted by Gasteiger charge is 2.12. The standard InChI is InChI=1S/C25H20ClN5O2S4/c1-13-2-3-14(26)8-19(13)29-23(33)12-35-25-31-18-7-5-16(10-21(18)37-25)28-22(32)11-34-24-30-17-6-4-15(27)9-20(17)36-24/h2-10H,11-12,27H2,1H3,(H,28,32)(H,29,33). The highest BCUT2D eigenvalue weighted by Crippen LogP contribution is 2.33. The normalized spacial score (nSPS) is 11.2. The topological polar surface area (TPSA) is 110 Å². The Balaban J connectivity index is 1.15. The summed E-state index contributed by atoms with van der Waals surface area (Å²) in [6.45, 7) is 1.92. The predicted molar refractivity (Wildman–Crippen MR) is 159 cm³/mol. The number of aryl methyl sites for hydroxylation is 1. The summed E-state index contributed by atoms with van der Waals surface area (Å²) in [6.07, 6.45) is 0. The van der Waals surface area contributed by atoms with Crippen LogP contribution < -0.4 is 16.4 Å². The number of aromatic nitrogens is 2. The maximum Gasteiger partial charge on any atom is 0.234 e. The second-order valence-electron chi connectivity index (χ2n) is 8.00. The van der Waals surface area contributed by atoms with E-state index in [0.29, 0.717) is 22.1 Å². The first-order valence-electron chi connectivity index (χ1n) is 11.0. The highest BCUT2D eigenvalue weighted by molar-refractivity contribution is 8.02. The average Bonchev–Trinajstić information content (AvgIpc) is 3.46. The van der Waals surface area contributed by atoms with Crippen LogP contribution in [-0.2, 0) is 9.59 Å². The van der Waals surface area contributed by atoms with Crippen molar-refractivity contribution >= 4 is 107 Å². The fraction of sp³-hybridized carbons (Fsp3) is 0.120. The average molecular weight is 586 g/mol. The number of hydrogen-bond acceptors (Lipinski definition) is 9. The number of carbonyl (C=O) groups is 2. The zero-order chi connectivity index (χ0) is 25.9. The molecule has 0 aliphatic carbocycles. The van der Waals surface area contributed by atoms with E-state index in [1.165, 1.54) is 46.2 Å². The minimum absolute atomic E-state index is 0.116. The van der Waals surface area contributed by atoms with Gasteiger partial charge in [0.15, 0.2) is 8.68 Å². The summed E-state index contributed by atoms with van der Waals surface area (Å²) in [5.74, 6) is 0.232. The van der Waals surface area contributed by atoms with Gasteiger partial charge in [-0.05, 0) is 61.0 Å². The number of anilines is 3. The maximum atomic E-state index is 12.5. The molecule has 12 heteroatoms. The van der Waals surface area contributed by atoms with Gasteiger partial charge in [-0.15, -0.1) is 22.7 Å². The summed E-state index contributed by atoms with van der Waals surface area (Å²) in [7, 11) is 0. The predicted octanol–water partition coefficient (Wildman–Crippen LogP) is 6.91. The number of hydrogen-bond donors (Lipinski definition) is 3. The van der Waals surface area contributed by atoms with Crippen molar-refractivity contribution < 1.29 is 9.59 Å². The van der Waals surface area contributed by atoms with Crippen LogP contribution in [0.5, 0.6) is 0 Å². The largest absolute Gasteiger partial charge is 0.399 e. The van der Waals surface area contributed by atoms with Gasteiger partial charge in [-0.25, -0.2) is 9.97 Å². The van der Waals surface area contributed by atoms with Crippen molar-refractivity contribution in [2.75, 3.05) is 27.9 Å². The van der Waals surface area contributed by atoms with Gasteiger partial charge in [0.1, 0.15) is 0 Å². The second-order valence-corrected chi connectivity index (χ2v) is 12.9. The molecule has 5 rings (SSSR count). The molecule has 5 aromatic rings. The summed E-state index contributed by atoms with van der Waals surface area (Å²) in [6, 6.07) is 16.6. The van der Waals surface area contributed by atoms with E-state index in [0.717, 1.165) is 34.7 Å². The van der Waals surface area contributed by atoms with Crippen molar-refractivity contribution in [3.8, 4) is 0 Å². The summed E-state index contributed by atoms with van der Waals surface area (Å²) < 4.78 is 3.54. The number of fused-ring (bicyclic) bond motifs is 2. The molecule has 7 nitrogen and oxygen atoms in total. The van der Waals surface area contributed by atoms with Crippen molar-refractivity contribution in [3.05, 3.63) is 65.2 Å². The van der Waals surface area contributed by atoms with E-state index in [4.69, 9.17) is 17.3 Å². The smallest absolute Gasteiger partial charge is 0.234 e. The molecule has 37 heavy (non-hydrogen) atoms. The molecule has 0 saturated carbocycles. The quantitative estimate of drug-likeness (QED) is 0.134. The molecule has 0 fully saturated rings. The lowest BCUT2D eigenvalue weighted by Crippen LogP contribution is -2.14. The summed E-state index contributed by atoms with van der Waals surface area (Å²) in [5.41, 5.74) is 10.6. The van der Waals surface area contributed by atoms with Gasteiger partial charge in [0, 0.05) is 22.1 Å². The maximum absolute atomic E-state index is 12.5. The molecule has 3 aromatic carbocycles. The number of nitrogens with zero attached hydrogens (tertiary/aromatic N) is 2. The third-order valence-corrected chi connectivity index (χ3v) is 9.73. The molecule has 0 atom stereocenters. The number of nitrogen functional groups attached to an aromatic ring is 1. The van der Waals surface area contributed by atoms with Crippen LogP contribution in [0.2, 0.25) is 5.02 Å². The van der Waals surface area contributed by atoms with Crippen molar-refractivity contribution in [3.63, 3.8) is 0 Å².